The highest BCUT2D eigenvalue weighted by Gasteiger charge is 1.96. The van der Waals surface area contributed by atoms with E-state index < -0.39 is 0 Å². The quantitative estimate of drug-likeness (QED) is 0.612. The molecule has 0 N–H and O–H groups in total. The van der Waals surface area contributed by atoms with Gasteiger partial charge in [-0.2, -0.15) is 0 Å². The molecule has 0 saturated carbocycles. The third kappa shape index (κ3) is 4.00. The summed E-state index contributed by atoms with van der Waals surface area (Å²) >= 11 is 5.99. The van der Waals surface area contributed by atoms with E-state index in [0.29, 0.717) is 11.6 Å². The molecule has 0 radical (unpaired) electrons. The van der Waals surface area contributed by atoms with E-state index >= 15 is 0 Å². The number of rotatable bonds is 5. The molecule has 0 aliphatic heterocycles. The van der Waals surface area contributed by atoms with Gasteiger partial charge in [-0.1, -0.05) is 47.1 Å². The molecule has 2 aromatic rings. The number of halogens is 1. The minimum absolute atomic E-state index is 0.408. The second kappa shape index (κ2) is 6.81. The van der Waals surface area contributed by atoms with Crippen LogP contribution in [0.2, 0.25) is 5.02 Å². The summed E-state index contributed by atoms with van der Waals surface area (Å²) < 4.78 is 5.08. The molecule has 0 fully saturated rings. The van der Waals surface area contributed by atoms with Crippen LogP contribution >= 0.6 is 11.6 Å². The van der Waals surface area contributed by atoms with Crippen LogP contribution in [0, 0.1) is 0 Å². The van der Waals surface area contributed by atoms with Gasteiger partial charge >= 0.3 is 0 Å². The van der Waals surface area contributed by atoms with Gasteiger partial charge in [-0.05, 0) is 23.8 Å². The Hall–Kier alpha value is -2.00. The largest absolute Gasteiger partial charge is 0.497 e. The molecule has 2 aromatic carbocycles. The molecule has 0 amide bonds. The van der Waals surface area contributed by atoms with Gasteiger partial charge in [0.15, 0.2) is 0 Å². The van der Waals surface area contributed by atoms with Gasteiger partial charge in [0.05, 0.1) is 13.3 Å². The molecule has 0 aliphatic carbocycles. The summed E-state index contributed by atoms with van der Waals surface area (Å²) in [6.07, 6.45) is 1.60. The van der Waals surface area contributed by atoms with Gasteiger partial charge in [0.25, 0.3) is 0 Å². The highest BCUT2D eigenvalue weighted by atomic mass is 35.5. The lowest BCUT2D eigenvalue weighted by Crippen LogP contribution is -1.89. The van der Waals surface area contributed by atoms with Crippen LogP contribution in [0.5, 0.6) is 5.75 Å². The van der Waals surface area contributed by atoms with Crippen LogP contribution in [0.15, 0.2) is 53.7 Å². The number of benzene rings is 2. The fraction of sp³-hybridized carbons (Fsp3) is 0.133. The lowest BCUT2D eigenvalue weighted by Gasteiger charge is -2.02. The zero-order chi connectivity index (χ0) is 13.5. The first kappa shape index (κ1) is 13.4. The van der Waals surface area contributed by atoms with E-state index in [1.165, 1.54) is 0 Å². The van der Waals surface area contributed by atoms with E-state index in [1.807, 2.05) is 48.5 Å². The van der Waals surface area contributed by atoms with Crippen LogP contribution in [-0.4, -0.2) is 13.3 Å². The van der Waals surface area contributed by atoms with Gasteiger partial charge in [0, 0.05) is 10.6 Å². The Kier molecular flexibility index (Phi) is 4.81. The van der Waals surface area contributed by atoms with Crippen molar-refractivity contribution < 1.29 is 9.57 Å². The van der Waals surface area contributed by atoms with Crippen LogP contribution in [0.3, 0.4) is 0 Å². The van der Waals surface area contributed by atoms with Crippen molar-refractivity contribution in [2.45, 2.75) is 6.61 Å². The van der Waals surface area contributed by atoms with Crippen LogP contribution in [-0.2, 0) is 11.4 Å². The Balaban J connectivity index is 1.87. The molecule has 0 aliphatic rings. The van der Waals surface area contributed by atoms with Crippen LogP contribution in [0.4, 0.5) is 0 Å². The lowest BCUT2D eigenvalue weighted by molar-refractivity contribution is 0.132. The molecule has 2 rings (SSSR count). The third-order valence-corrected chi connectivity index (χ3v) is 2.91. The first-order valence-electron chi connectivity index (χ1n) is 5.82. The second-order valence-corrected chi connectivity index (χ2v) is 4.28. The molecule has 0 aromatic heterocycles. The van der Waals surface area contributed by atoms with Crippen LogP contribution in [0.1, 0.15) is 11.1 Å². The van der Waals surface area contributed by atoms with E-state index in [4.69, 9.17) is 21.2 Å². The SMILES string of the molecule is COc1ccc(CON=Cc2ccccc2Cl)cc1. The van der Waals surface area contributed by atoms with Crippen molar-refractivity contribution in [1.29, 1.82) is 0 Å². The maximum atomic E-state index is 5.99. The van der Waals surface area contributed by atoms with Crippen molar-refractivity contribution in [2.75, 3.05) is 7.11 Å². The summed E-state index contributed by atoms with van der Waals surface area (Å²) in [6.45, 7) is 0.408. The monoisotopic (exact) mass is 275 g/mol. The molecular formula is C15H14ClNO2. The van der Waals surface area contributed by atoms with Gasteiger partial charge in [0.1, 0.15) is 12.4 Å². The van der Waals surface area contributed by atoms with Gasteiger partial charge in [-0.15, -0.1) is 0 Å². The highest BCUT2D eigenvalue weighted by Crippen LogP contribution is 2.13. The fourth-order valence-electron chi connectivity index (χ4n) is 1.51. The molecule has 0 bridgehead atoms. The second-order valence-electron chi connectivity index (χ2n) is 3.88. The fourth-order valence-corrected chi connectivity index (χ4v) is 1.69. The Morgan fingerprint density at radius 1 is 1.11 bits per heavy atom. The number of nitrogens with zero attached hydrogens (tertiary/aromatic N) is 1. The minimum atomic E-state index is 0.408. The average molecular weight is 276 g/mol. The minimum Gasteiger partial charge on any atom is -0.497 e. The first-order valence-corrected chi connectivity index (χ1v) is 6.20. The van der Waals surface area contributed by atoms with E-state index in [9.17, 15) is 0 Å². The average Bonchev–Trinajstić information content (AvgIpc) is 2.46. The normalized spacial score (nSPS) is 10.6. The Morgan fingerprint density at radius 3 is 2.53 bits per heavy atom. The Morgan fingerprint density at radius 2 is 1.84 bits per heavy atom. The summed E-state index contributed by atoms with van der Waals surface area (Å²) in [5.41, 5.74) is 1.86. The molecule has 19 heavy (non-hydrogen) atoms. The number of ether oxygens (including phenoxy) is 1. The van der Waals surface area contributed by atoms with E-state index in [0.717, 1.165) is 16.9 Å². The van der Waals surface area contributed by atoms with E-state index in [-0.39, 0.29) is 0 Å². The summed E-state index contributed by atoms with van der Waals surface area (Å²) in [6, 6.07) is 15.1. The third-order valence-electron chi connectivity index (χ3n) is 2.56. The maximum absolute atomic E-state index is 5.99. The maximum Gasteiger partial charge on any atom is 0.142 e. The van der Waals surface area contributed by atoms with Crippen LogP contribution < -0.4 is 4.74 Å². The van der Waals surface area contributed by atoms with E-state index in [2.05, 4.69) is 5.16 Å². The first-order chi connectivity index (χ1) is 9.29. The number of oxime groups is 1. The smallest absolute Gasteiger partial charge is 0.142 e. The topological polar surface area (TPSA) is 30.8 Å². The van der Waals surface area contributed by atoms with Gasteiger partial charge < -0.3 is 9.57 Å². The molecular weight excluding hydrogens is 262 g/mol. The molecule has 0 atom stereocenters. The predicted octanol–water partition coefficient (Wildman–Crippen LogP) is 3.90. The molecule has 98 valence electrons. The molecule has 0 spiro atoms. The molecule has 0 saturated heterocycles. The number of hydrogen-bond donors (Lipinski definition) is 0. The van der Waals surface area contributed by atoms with Crippen molar-refractivity contribution >= 4 is 17.8 Å². The standard InChI is InChI=1S/C15H14ClNO2/c1-18-14-8-6-12(7-9-14)11-19-17-10-13-4-2-3-5-15(13)16/h2-10H,11H2,1H3. The molecule has 3 nitrogen and oxygen atoms in total. The molecule has 0 heterocycles. The Bertz CT molecular complexity index is 552. The summed E-state index contributed by atoms with van der Waals surface area (Å²) in [4.78, 5) is 5.22. The summed E-state index contributed by atoms with van der Waals surface area (Å²) in [5, 5.41) is 4.55. The lowest BCUT2D eigenvalue weighted by atomic mass is 10.2. The number of methoxy groups -OCH3 is 1. The van der Waals surface area contributed by atoms with Crippen molar-refractivity contribution in [1.82, 2.24) is 0 Å². The van der Waals surface area contributed by atoms with E-state index in [1.54, 1.807) is 13.3 Å². The Labute approximate surface area is 117 Å². The van der Waals surface area contributed by atoms with Crippen molar-refractivity contribution in [2.24, 2.45) is 5.16 Å². The van der Waals surface area contributed by atoms with Gasteiger partial charge in [-0.25, -0.2) is 0 Å². The zero-order valence-electron chi connectivity index (χ0n) is 10.5. The van der Waals surface area contributed by atoms with Crippen LogP contribution in [0.25, 0.3) is 0 Å². The predicted molar refractivity (Wildman–Crippen MR) is 76.8 cm³/mol. The van der Waals surface area contributed by atoms with Gasteiger partial charge in [-0.3, -0.25) is 0 Å². The molecule has 0 unspecified atom stereocenters. The van der Waals surface area contributed by atoms with Crippen molar-refractivity contribution in [3.05, 3.63) is 64.7 Å². The highest BCUT2D eigenvalue weighted by molar-refractivity contribution is 6.33. The number of hydrogen-bond acceptors (Lipinski definition) is 3. The van der Waals surface area contributed by atoms with Gasteiger partial charge in [0.2, 0.25) is 0 Å². The summed E-state index contributed by atoms with van der Waals surface area (Å²) in [7, 11) is 1.64. The summed E-state index contributed by atoms with van der Waals surface area (Å²) in [5.74, 6) is 0.823. The van der Waals surface area contributed by atoms with Crippen molar-refractivity contribution in [3.63, 3.8) is 0 Å². The zero-order valence-corrected chi connectivity index (χ0v) is 11.3. The van der Waals surface area contributed by atoms with Crippen molar-refractivity contribution in [3.8, 4) is 5.75 Å². The molecule has 4 heteroatoms.